The summed E-state index contributed by atoms with van der Waals surface area (Å²) >= 11 is 0. The number of carbonyl (C=O) groups excluding carboxylic acids is 4. The molecular weight excluding hydrogens is 749 g/mol. The number of nitrogens with one attached hydrogen (secondary N) is 4. The average molecular weight is 803 g/mol. The summed E-state index contributed by atoms with van der Waals surface area (Å²) in [5.41, 5.74) is 5.76. The number of imidazole rings is 2. The molecule has 0 spiro atoms. The van der Waals surface area contributed by atoms with Crippen LogP contribution >= 0.6 is 0 Å². The Hall–Kier alpha value is -5.92. The number of fused-ring (bicyclic) bond motifs is 5. The van der Waals surface area contributed by atoms with Crippen LogP contribution in [-0.2, 0) is 19.1 Å². The van der Waals surface area contributed by atoms with Gasteiger partial charge in [0.2, 0.25) is 11.8 Å². The zero-order valence-electron chi connectivity index (χ0n) is 34.7. The number of rotatable bonds is 10. The van der Waals surface area contributed by atoms with Crippen LogP contribution in [0.3, 0.4) is 0 Å². The number of carbonyl (C=O) groups is 4. The molecule has 3 aromatic carbocycles. The van der Waals surface area contributed by atoms with Crippen LogP contribution in [0.1, 0.15) is 90.5 Å². The van der Waals surface area contributed by atoms with Gasteiger partial charge in [-0.1, -0.05) is 70.2 Å². The average Bonchev–Trinajstić information content (AvgIpc) is 4.09. The van der Waals surface area contributed by atoms with Gasteiger partial charge in [0.15, 0.2) is 0 Å². The van der Waals surface area contributed by atoms with E-state index in [1.54, 1.807) is 0 Å². The molecule has 59 heavy (non-hydrogen) atoms. The minimum absolute atomic E-state index is 0.00146. The van der Waals surface area contributed by atoms with E-state index in [2.05, 4.69) is 75.2 Å². The first kappa shape index (κ1) is 39.9. The van der Waals surface area contributed by atoms with Gasteiger partial charge in [0.25, 0.3) is 0 Å². The van der Waals surface area contributed by atoms with E-state index in [-0.39, 0.29) is 47.8 Å². The zero-order valence-corrected chi connectivity index (χ0v) is 34.7. The fourth-order valence-corrected chi connectivity index (χ4v) is 9.64. The SMILES string of the molecule is COC(=O)N[C@H](C(=O)N1C(C)CC[C@H]1c1ncc(-c2ccc(-c3ccc4c(ccc5[nH]c([C@@H]6[C@H]7CC[C@H](C7)N6C(=O)[C@@H](NC(=O)OC)C(C)C)nc54)c3)cc2)[nH]1)C(C)C. The molecule has 14 heteroatoms. The number of amides is 4. The molecule has 4 heterocycles. The number of benzene rings is 3. The fraction of sp³-hybridized carbons (Fsp3) is 0.467. The summed E-state index contributed by atoms with van der Waals surface area (Å²) in [5, 5.41) is 7.58. The second-order valence-corrected chi connectivity index (χ2v) is 17.1. The monoisotopic (exact) mass is 802 g/mol. The van der Waals surface area contributed by atoms with Crippen molar-refractivity contribution in [2.24, 2.45) is 17.8 Å². The molecular formula is C45H54N8O6. The molecule has 1 saturated carbocycles. The highest BCUT2D eigenvalue weighted by molar-refractivity contribution is 6.05. The third-order valence-corrected chi connectivity index (χ3v) is 12.8. The van der Waals surface area contributed by atoms with E-state index in [0.717, 1.165) is 87.9 Å². The molecule has 14 nitrogen and oxygen atoms in total. The Balaban J connectivity index is 1.01. The molecule has 8 rings (SSSR count). The maximum atomic E-state index is 14.1. The molecule has 3 aliphatic rings. The Bertz CT molecular complexity index is 2390. The van der Waals surface area contributed by atoms with Gasteiger partial charge >= 0.3 is 12.2 Å². The quantitative estimate of drug-likeness (QED) is 0.111. The van der Waals surface area contributed by atoms with Crippen molar-refractivity contribution >= 4 is 45.8 Å². The summed E-state index contributed by atoms with van der Waals surface area (Å²) in [6.07, 6.45) is 5.09. The highest BCUT2D eigenvalue weighted by atomic mass is 16.5. The van der Waals surface area contributed by atoms with Crippen LogP contribution in [0, 0.1) is 17.8 Å². The Morgan fingerprint density at radius 2 is 1.39 bits per heavy atom. The topological polar surface area (TPSA) is 175 Å². The van der Waals surface area contributed by atoms with E-state index in [0.29, 0.717) is 5.92 Å². The Kier molecular flexibility index (Phi) is 10.8. The number of piperidine rings is 1. The minimum Gasteiger partial charge on any atom is -0.453 e. The molecule has 2 aromatic heterocycles. The van der Waals surface area contributed by atoms with E-state index in [4.69, 9.17) is 19.4 Å². The second kappa shape index (κ2) is 16.0. The lowest BCUT2D eigenvalue weighted by Gasteiger charge is -2.37. The third-order valence-electron chi connectivity index (χ3n) is 12.8. The van der Waals surface area contributed by atoms with E-state index >= 15 is 0 Å². The number of hydrogen-bond donors (Lipinski definition) is 4. The third kappa shape index (κ3) is 7.38. The van der Waals surface area contributed by atoms with E-state index in [1.165, 1.54) is 14.2 Å². The van der Waals surface area contributed by atoms with Crippen LogP contribution in [0.25, 0.3) is 44.2 Å². The fourth-order valence-electron chi connectivity index (χ4n) is 9.64. The number of H-pyrrole nitrogens is 2. The van der Waals surface area contributed by atoms with Crippen molar-refractivity contribution in [2.45, 2.75) is 103 Å². The van der Waals surface area contributed by atoms with Crippen molar-refractivity contribution in [1.29, 1.82) is 0 Å². The van der Waals surface area contributed by atoms with Crippen LogP contribution in [0.2, 0.25) is 0 Å². The van der Waals surface area contributed by atoms with Crippen LogP contribution in [0.5, 0.6) is 0 Å². The summed E-state index contributed by atoms with van der Waals surface area (Å²) in [5.74, 6) is 1.35. The van der Waals surface area contributed by atoms with Gasteiger partial charge in [0.05, 0.1) is 49.2 Å². The summed E-state index contributed by atoms with van der Waals surface area (Å²) < 4.78 is 9.64. The molecule has 2 bridgehead atoms. The predicted octanol–water partition coefficient (Wildman–Crippen LogP) is 7.64. The number of nitrogens with zero attached hydrogens (tertiary/aromatic N) is 4. The van der Waals surface area contributed by atoms with Gasteiger partial charge in [0, 0.05) is 17.5 Å². The lowest BCUT2D eigenvalue weighted by Crippen LogP contribution is -2.54. The van der Waals surface area contributed by atoms with Gasteiger partial charge in [-0.25, -0.2) is 19.6 Å². The summed E-state index contributed by atoms with van der Waals surface area (Å²) in [4.78, 5) is 72.9. The normalized spacial score (nSPS) is 22.4. The Labute approximate surface area is 343 Å². The highest BCUT2D eigenvalue weighted by Crippen LogP contribution is 2.50. The number of methoxy groups -OCH3 is 2. The second-order valence-electron chi connectivity index (χ2n) is 17.1. The van der Waals surface area contributed by atoms with E-state index in [1.807, 2.05) is 50.6 Å². The van der Waals surface area contributed by atoms with Gasteiger partial charge < -0.3 is 39.9 Å². The molecule has 0 radical (unpaired) electrons. The molecule has 2 saturated heterocycles. The number of ether oxygens (including phenoxy) is 2. The molecule has 4 amide bonds. The minimum atomic E-state index is -0.706. The van der Waals surface area contributed by atoms with Gasteiger partial charge in [-0.05, 0) is 91.0 Å². The highest BCUT2D eigenvalue weighted by Gasteiger charge is 2.51. The van der Waals surface area contributed by atoms with Crippen molar-refractivity contribution in [1.82, 2.24) is 40.4 Å². The van der Waals surface area contributed by atoms with Crippen molar-refractivity contribution in [3.8, 4) is 22.4 Å². The molecule has 4 N–H and O–H groups in total. The first-order valence-electron chi connectivity index (χ1n) is 20.8. The van der Waals surface area contributed by atoms with Gasteiger partial charge in [-0.3, -0.25) is 9.59 Å². The number of alkyl carbamates (subject to hydrolysis) is 2. The molecule has 3 fully saturated rings. The molecule has 1 unspecified atom stereocenters. The summed E-state index contributed by atoms with van der Waals surface area (Å²) in [6.45, 7) is 9.71. The van der Waals surface area contributed by atoms with Gasteiger partial charge in [0.1, 0.15) is 23.7 Å². The molecule has 5 aromatic rings. The van der Waals surface area contributed by atoms with E-state index < -0.39 is 24.3 Å². The lowest BCUT2D eigenvalue weighted by atomic mass is 9.95. The van der Waals surface area contributed by atoms with Gasteiger partial charge in [-0.15, -0.1) is 0 Å². The molecule has 1 aliphatic carbocycles. The first-order valence-corrected chi connectivity index (χ1v) is 20.8. The largest absolute Gasteiger partial charge is 0.453 e. The van der Waals surface area contributed by atoms with Crippen LogP contribution in [0.4, 0.5) is 9.59 Å². The van der Waals surface area contributed by atoms with E-state index in [9.17, 15) is 19.2 Å². The maximum Gasteiger partial charge on any atom is 0.407 e. The number of likely N-dealkylation sites (tertiary alicyclic amines) is 2. The zero-order chi connectivity index (χ0) is 41.7. The maximum absolute atomic E-state index is 14.1. The first-order chi connectivity index (χ1) is 28.4. The Morgan fingerprint density at radius 1 is 0.746 bits per heavy atom. The number of hydrogen-bond acceptors (Lipinski definition) is 8. The Morgan fingerprint density at radius 3 is 2.05 bits per heavy atom. The van der Waals surface area contributed by atoms with Crippen LogP contribution in [0.15, 0.2) is 60.8 Å². The van der Waals surface area contributed by atoms with Crippen molar-refractivity contribution in [3.63, 3.8) is 0 Å². The predicted molar refractivity (Wildman–Crippen MR) is 224 cm³/mol. The van der Waals surface area contributed by atoms with Crippen LogP contribution in [-0.4, -0.2) is 92.1 Å². The molecule has 2 aliphatic heterocycles. The van der Waals surface area contributed by atoms with Crippen LogP contribution < -0.4 is 10.6 Å². The summed E-state index contributed by atoms with van der Waals surface area (Å²) in [6, 6.07) is 17.2. The number of aromatic nitrogens is 4. The molecule has 310 valence electrons. The standard InChI is InChI=1S/C45H54N8O6/c1-23(2)36(50-44(56)58-6)42(54)52-25(5)8-19-35(52)40-46-22-34(48-40)27-11-9-26(10-12-27)28-14-17-32-29(20-28)15-18-33-38(32)49-41(47-33)39-30-13-16-31(21-30)53(39)43(55)37(24(3)4)51-45(57)59-7/h9-12,14-15,17-18,20,22-25,30-31,35-37,39H,8,13,16,19,21H2,1-7H3,(H,46,48)(H,47,49)(H,50,56)(H,51,57)/t25?,30-,31+,35-,36-,37-,39-/m0/s1. The molecule has 7 atom stereocenters. The van der Waals surface area contributed by atoms with Crippen molar-refractivity contribution in [3.05, 3.63) is 72.4 Å². The van der Waals surface area contributed by atoms with Crippen molar-refractivity contribution in [2.75, 3.05) is 14.2 Å². The van der Waals surface area contributed by atoms with Crippen molar-refractivity contribution < 1.29 is 28.7 Å². The van der Waals surface area contributed by atoms with Gasteiger partial charge in [-0.2, -0.15) is 0 Å². The lowest BCUT2D eigenvalue weighted by molar-refractivity contribution is -0.139. The smallest absolute Gasteiger partial charge is 0.407 e. The number of aromatic amines is 2. The summed E-state index contributed by atoms with van der Waals surface area (Å²) in [7, 11) is 2.60.